The van der Waals surface area contributed by atoms with Gasteiger partial charge < -0.3 is 19.3 Å². The Morgan fingerprint density at radius 3 is 1.08 bits per heavy atom. The topological polar surface area (TPSA) is 493 Å². The van der Waals surface area contributed by atoms with Crippen LogP contribution in [0, 0.1) is 0 Å². The van der Waals surface area contributed by atoms with Crippen molar-refractivity contribution in [2.45, 2.75) is 61.4 Å². The SMILES string of the molecule is O=S(=O)(O)OC[C@H]1O[C@H](OC[C@H]2O[C@H](O)[C@@H](OS(=O)(=O)O)[C@@H](OS(=O)(=O)O)[C@@H]2OS(=O)(=O)O)[C@@H](OS(=O)(=O)O)[C@@H](OS(=O)(=O)O)[C@@H]1OS(=O)(=O)O. The lowest BCUT2D eigenvalue weighted by Crippen LogP contribution is -2.64. The van der Waals surface area contributed by atoms with Crippen LogP contribution in [0.2, 0.25) is 0 Å². The largest absolute Gasteiger partial charge is 0.397 e. The highest BCUT2D eigenvalue weighted by Crippen LogP contribution is 2.34. The maximum atomic E-state index is 11.6. The van der Waals surface area contributed by atoms with Gasteiger partial charge in [-0.25, -0.2) is 29.3 Å². The number of ether oxygens (including phenoxy) is 3. The van der Waals surface area contributed by atoms with Gasteiger partial charge in [0, 0.05) is 0 Å². The van der Waals surface area contributed by atoms with Crippen molar-refractivity contribution < 1.29 is 139 Å². The van der Waals surface area contributed by atoms with Gasteiger partial charge in [-0.05, 0) is 0 Å². The fourth-order valence-corrected chi connectivity index (χ4v) is 7.32. The van der Waals surface area contributed by atoms with E-state index in [0.717, 1.165) is 0 Å². The van der Waals surface area contributed by atoms with Crippen LogP contribution in [-0.2, 0) is 116 Å². The highest BCUT2D eigenvalue weighted by atomic mass is 32.3. The van der Waals surface area contributed by atoms with Gasteiger partial charge in [0.2, 0.25) is 0 Å². The summed E-state index contributed by atoms with van der Waals surface area (Å²) in [5, 5.41) is 10.2. The molecule has 2 rings (SSSR count). The molecule has 2 heterocycles. The molecule has 0 aromatic carbocycles. The monoisotopic (exact) mass is 902 g/mol. The van der Waals surface area contributed by atoms with E-state index >= 15 is 0 Å². The van der Waals surface area contributed by atoms with Gasteiger partial charge in [0.1, 0.15) is 36.6 Å². The lowest BCUT2D eigenvalue weighted by Gasteiger charge is -2.44. The van der Waals surface area contributed by atoms with Crippen molar-refractivity contribution in [2.75, 3.05) is 13.2 Å². The van der Waals surface area contributed by atoms with Crippen molar-refractivity contribution in [1.29, 1.82) is 0 Å². The lowest BCUT2D eigenvalue weighted by atomic mass is 9.98. The highest BCUT2D eigenvalue weighted by molar-refractivity contribution is 7.82. The number of aliphatic hydroxyl groups is 1. The van der Waals surface area contributed by atoms with Gasteiger partial charge in [-0.1, -0.05) is 0 Å². The predicted molar refractivity (Wildman–Crippen MR) is 142 cm³/mol. The third-order valence-electron chi connectivity index (χ3n) is 5.40. The van der Waals surface area contributed by atoms with E-state index in [0.29, 0.717) is 0 Å². The third kappa shape index (κ3) is 16.9. The van der Waals surface area contributed by atoms with E-state index in [9.17, 15) is 77.7 Å². The van der Waals surface area contributed by atoms with E-state index in [2.05, 4.69) is 29.3 Å². The number of aliphatic hydroxyl groups excluding tert-OH is 1. The predicted octanol–water partition coefficient (Wildman–Crippen LogP) is -6.61. The lowest BCUT2D eigenvalue weighted by molar-refractivity contribution is -0.313. The van der Waals surface area contributed by atoms with Crippen LogP contribution >= 0.6 is 0 Å². The fourth-order valence-electron chi connectivity index (χ4n) is 4.02. The average molecular weight is 903 g/mol. The maximum absolute atomic E-state index is 11.6. The Labute approximate surface area is 286 Å². The minimum Gasteiger partial charge on any atom is -0.366 e. The first-order valence-electron chi connectivity index (χ1n) is 11.7. The molecule has 0 radical (unpaired) electrons. The summed E-state index contributed by atoms with van der Waals surface area (Å²) in [7, 11) is -41.0. The fraction of sp³-hybridized carbons (Fsp3) is 1.00. The summed E-state index contributed by atoms with van der Waals surface area (Å²) in [5.41, 5.74) is 0. The van der Waals surface area contributed by atoms with Crippen LogP contribution < -0.4 is 0 Å². The first kappa shape index (κ1) is 46.1. The van der Waals surface area contributed by atoms with Crippen LogP contribution in [0.3, 0.4) is 0 Å². The molecule has 10 atom stereocenters. The van der Waals surface area contributed by atoms with Gasteiger partial charge in [0.25, 0.3) is 0 Å². The molecule has 2 saturated heterocycles. The highest BCUT2D eigenvalue weighted by Gasteiger charge is 2.56. The molecule has 0 spiro atoms. The molecular formula is C12H22O32S7. The van der Waals surface area contributed by atoms with Gasteiger partial charge in [0.05, 0.1) is 13.2 Å². The van der Waals surface area contributed by atoms with E-state index in [4.69, 9.17) is 32.4 Å². The molecule has 0 bridgehead atoms. The molecule has 0 unspecified atom stereocenters. The summed E-state index contributed by atoms with van der Waals surface area (Å²) >= 11 is 0. The second-order valence-corrected chi connectivity index (χ2v) is 16.5. The van der Waals surface area contributed by atoms with Crippen LogP contribution in [0.1, 0.15) is 0 Å². The molecule has 2 fully saturated rings. The quantitative estimate of drug-likeness (QED) is 0.0593. The van der Waals surface area contributed by atoms with Crippen molar-refractivity contribution in [2.24, 2.45) is 0 Å². The summed E-state index contributed by atoms with van der Waals surface area (Å²) < 4.78 is 267. The molecule has 0 aliphatic carbocycles. The number of hydrogen-bond donors (Lipinski definition) is 8. The van der Waals surface area contributed by atoms with Crippen LogP contribution in [0.15, 0.2) is 0 Å². The second-order valence-electron chi connectivity index (χ2n) is 9.09. The summed E-state index contributed by atoms with van der Waals surface area (Å²) in [5.74, 6) is 0. The molecule has 8 N–H and O–H groups in total. The van der Waals surface area contributed by atoms with Crippen molar-refractivity contribution in [3.05, 3.63) is 0 Å². The molecule has 304 valence electrons. The number of hydrogen-bond acceptors (Lipinski definition) is 25. The molecular weight excluding hydrogens is 881 g/mol. The van der Waals surface area contributed by atoms with Gasteiger partial charge in [0.15, 0.2) is 24.8 Å². The molecule has 0 amide bonds. The average Bonchev–Trinajstić information content (AvgIpc) is 2.84. The van der Waals surface area contributed by atoms with Crippen molar-refractivity contribution in [3.63, 3.8) is 0 Å². The first-order chi connectivity index (χ1) is 22.5. The molecule has 32 nitrogen and oxygen atoms in total. The van der Waals surface area contributed by atoms with E-state index in [1.54, 1.807) is 0 Å². The Morgan fingerprint density at radius 1 is 0.392 bits per heavy atom. The van der Waals surface area contributed by atoms with Crippen LogP contribution in [-0.4, -0.2) is 171 Å². The Bertz CT molecular complexity index is 2000. The van der Waals surface area contributed by atoms with Gasteiger partial charge >= 0.3 is 72.8 Å². The van der Waals surface area contributed by atoms with Crippen molar-refractivity contribution >= 4 is 72.8 Å². The number of rotatable bonds is 18. The maximum Gasteiger partial charge on any atom is 0.397 e. The third-order valence-corrected chi connectivity index (χ3v) is 8.63. The zero-order valence-corrected chi connectivity index (χ0v) is 29.1. The minimum atomic E-state index is -5.99. The minimum absolute atomic E-state index is 1.70. The summed E-state index contributed by atoms with van der Waals surface area (Å²) in [6.07, 6.45) is -29.2. The standard InChI is InChI=1S/C12H22O32S7/c13-11-9(43-50(29,30)31)7(41-48(23,24)25)5(39-46(17,18)19)3(37-11)1-35-12-10(44-51(32,33)34)8(42-49(26,27)28)6(40-47(20,21)22)4(38-12)2-36-45(14,15)16/h3-13H,1-2H2,(H,14,15,16)(H,17,18,19)(H,20,21,22)(H,23,24,25)(H,26,27,28)(H,29,30,31)(H,32,33,34)/t3-,4-,5-,6-,7+,8+,9+,10+,11+,12+/m1/s1. The first-order valence-corrected chi connectivity index (χ1v) is 21.2. The summed E-state index contributed by atoms with van der Waals surface area (Å²) in [4.78, 5) is 0. The zero-order chi connectivity index (χ0) is 39.8. The summed E-state index contributed by atoms with van der Waals surface area (Å²) in [6, 6.07) is 0. The zero-order valence-electron chi connectivity index (χ0n) is 23.4. The van der Waals surface area contributed by atoms with Crippen molar-refractivity contribution in [1.82, 2.24) is 0 Å². The molecule has 0 saturated carbocycles. The van der Waals surface area contributed by atoms with E-state index in [1.165, 1.54) is 0 Å². The Balaban J connectivity index is 2.72. The Morgan fingerprint density at radius 2 is 0.706 bits per heavy atom. The molecule has 2 aliphatic rings. The smallest absolute Gasteiger partial charge is 0.366 e. The molecule has 0 aromatic rings. The van der Waals surface area contributed by atoms with E-state index in [-0.39, 0.29) is 0 Å². The van der Waals surface area contributed by atoms with Crippen LogP contribution in [0.4, 0.5) is 0 Å². The second kappa shape index (κ2) is 16.3. The molecule has 51 heavy (non-hydrogen) atoms. The van der Waals surface area contributed by atoms with Crippen LogP contribution in [0.5, 0.6) is 0 Å². The molecule has 39 heteroatoms. The van der Waals surface area contributed by atoms with Gasteiger partial charge in [-0.3, -0.25) is 31.9 Å². The van der Waals surface area contributed by atoms with Gasteiger partial charge in [-0.15, -0.1) is 0 Å². The normalized spacial score (nSPS) is 32.1. The van der Waals surface area contributed by atoms with E-state index < -0.39 is 147 Å². The van der Waals surface area contributed by atoms with Crippen LogP contribution in [0.25, 0.3) is 0 Å². The van der Waals surface area contributed by atoms with Gasteiger partial charge in [-0.2, -0.15) is 58.9 Å². The summed E-state index contributed by atoms with van der Waals surface area (Å²) in [6.45, 7) is -3.46. The Kier molecular flexibility index (Phi) is 14.8. The van der Waals surface area contributed by atoms with E-state index in [1.807, 2.05) is 0 Å². The molecule has 2 aliphatic heterocycles. The van der Waals surface area contributed by atoms with Crippen molar-refractivity contribution in [3.8, 4) is 0 Å². The molecule has 0 aromatic heterocycles. The Hall–Kier alpha value is -1.07.